The molecule has 3 rings (SSSR count). The average Bonchev–Trinajstić information content (AvgIpc) is 2.37. The van der Waals surface area contributed by atoms with E-state index in [0.717, 1.165) is 12.8 Å². The fourth-order valence-electron chi connectivity index (χ4n) is 2.76. The number of benzene rings is 2. The molecule has 1 saturated carbocycles. The predicted molar refractivity (Wildman–Crippen MR) is 82.0 cm³/mol. The molecule has 0 unspecified atom stereocenters. The van der Waals surface area contributed by atoms with Gasteiger partial charge in [-0.25, -0.2) is 4.39 Å². The van der Waals surface area contributed by atoms with Gasteiger partial charge in [-0.05, 0) is 49.4 Å². The molecule has 0 aromatic heterocycles. The normalized spacial score (nSPS) is 21.4. The van der Waals surface area contributed by atoms with Crippen molar-refractivity contribution in [3.05, 3.63) is 64.4 Å². The molecule has 20 heavy (non-hydrogen) atoms. The first kappa shape index (κ1) is 13.4. The summed E-state index contributed by atoms with van der Waals surface area (Å²) in [5.41, 5.74) is 3.18. The average molecular weight is 290 g/mol. The Kier molecular flexibility index (Phi) is 3.66. The molecule has 1 aliphatic carbocycles. The van der Waals surface area contributed by atoms with Crippen molar-refractivity contribution in [2.45, 2.75) is 31.7 Å². The van der Waals surface area contributed by atoms with Crippen molar-refractivity contribution in [2.75, 3.05) is 5.32 Å². The summed E-state index contributed by atoms with van der Waals surface area (Å²) in [7, 11) is 0. The minimum absolute atomic E-state index is 0.242. The highest BCUT2D eigenvalue weighted by Gasteiger charge is 2.30. The van der Waals surface area contributed by atoms with Crippen LogP contribution in [-0.4, -0.2) is 6.04 Å². The third kappa shape index (κ3) is 2.80. The largest absolute Gasteiger partial charge is 0.380 e. The quantitative estimate of drug-likeness (QED) is 0.824. The number of nitrogens with one attached hydrogen (secondary N) is 1. The second-order valence-electron chi connectivity index (χ2n) is 5.55. The monoisotopic (exact) mass is 289 g/mol. The topological polar surface area (TPSA) is 12.0 Å². The van der Waals surface area contributed by atoms with E-state index in [0.29, 0.717) is 22.7 Å². The fraction of sp³-hybridized carbons (Fsp3) is 0.294. The number of anilines is 1. The van der Waals surface area contributed by atoms with E-state index in [2.05, 4.69) is 36.5 Å². The maximum atomic E-state index is 13.6. The highest BCUT2D eigenvalue weighted by molar-refractivity contribution is 6.30. The van der Waals surface area contributed by atoms with Crippen LogP contribution in [0, 0.1) is 12.7 Å². The number of hydrogen-bond donors (Lipinski definition) is 1. The minimum atomic E-state index is -0.242. The Labute approximate surface area is 123 Å². The number of rotatable bonds is 3. The van der Waals surface area contributed by atoms with Crippen LogP contribution in [0.25, 0.3) is 0 Å². The van der Waals surface area contributed by atoms with Gasteiger partial charge >= 0.3 is 0 Å². The molecule has 0 radical (unpaired) electrons. The molecular weight excluding hydrogens is 273 g/mol. The van der Waals surface area contributed by atoms with Gasteiger partial charge in [0.15, 0.2) is 0 Å². The van der Waals surface area contributed by atoms with Crippen LogP contribution in [0.1, 0.15) is 29.9 Å². The zero-order valence-electron chi connectivity index (χ0n) is 11.4. The third-order valence-corrected chi connectivity index (χ3v) is 4.17. The maximum absolute atomic E-state index is 13.6. The Morgan fingerprint density at radius 2 is 1.95 bits per heavy atom. The molecule has 0 spiro atoms. The van der Waals surface area contributed by atoms with Gasteiger partial charge in [0.25, 0.3) is 0 Å². The van der Waals surface area contributed by atoms with Gasteiger partial charge in [-0.2, -0.15) is 0 Å². The molecule has 0 amide bonds. The molecule has 104 valence electrons. The van der Waals surface area contributed by atoms with E-state index >= 15 is 0 Å². The first-order valence-corrected chi connectivity index (χ1v) is 7.28. The summed E-state index contributed by atoms with van der Waals surface area (Å²) in [6.45, 7) is 2.11. The molecular formula is C17H17ClFN. The smallest absolute Gasteiger partial charge is 0.146 e. The van der Waals surface area contributed by atoms with E-state index in [1.807, 2.05) is 0 Å². The van der Waals surface area contributed by atoms with E-state index in [1.54, 1.807) is 12.1 Å². The van der Waals surface area contributed by atoms with E-state index in [-0.39, 0.29) is 5.82 Å². The van der Waals surface area contributed by atoms with Gasteiger partial charge in [-0.1, -0.05) is 41.4 Å². The summed E-state index contributed by atoms with van der Waals surface area (Å²) in [6, 6.07) is 13.6. The molecule has 1 N–H and O–H groups in total. The molecule has 0 saturated heterocycles. The second-order valence-corrected chi connectivity index (χ2v) is 5.98. The van der Waals surface area contributed by atoms with Gasteiger partial charge in [-0.3, -0.25) is 0 Å². The predicted octanol–water partition coefficient (Wildman–Crippen LogP) is 5.15. The van der Waals surface area contributed by atoms with Crippen molar-refractivity contribution >= 4 is 17.3 Å². The van der Waals surface area contributed by atoms with Crippen LogP contribution in [0.4, 0.5) is 10.1 Å². The summed E-state index contributed by atoms with van der Waals surface area (Å²) >= 11 is 5.90. The standard InChI is InChI=1S/C17H17ClFN/c1-11-3-2-4-12(7-11)13-8-15(9-13)20-17-10-14(18)5-6-16(17)19/h2-7,10,13,15,20H,8-9H2,1H3. The zero-order chi connectivity index (χ0) is 14.1. The van der Waals surface area contributed by atoms with E-state index in [1.165, 1.54) is 17.2 Å². The third-order valence-electron chi connectivity index (χ3n) is 3.94. The van der Waals surface area contributed by atoms with Crippen LogP contribution in [-0.2, 0) is 0 Å². The Balaban J connectivity index is 1.62. The van der Waals surface area contributed by atoms with Crippen molar-refractivity contribution in [1.82, 2.24) is 0 Å². The molecule has 2 aromatic carbocycles. The maximum Gasteiger partial charge on any atom is 0.146 e. The Morgan fingerprint density at radius 3 is 2.70 bits per heavy atom. The lowest BCUT2D eigenvalue weighted by Crippen LogP contribution is -2.34. The van der Waals surface area contributed by atoms with Crippen LogP contribution >= 0.6 is 11.6 Å². The van der Waals surface area contributed by atoms with Gasteiger partial charge < -0.3 is 5.32 Å². The second kappa shape index (κ2) is 5.45. The van der Waals surface area contributed by atoms with Crippen molar-refractivity contribution in [2.24, 2.45) is 0 Å². The number of aryl methyl sites for hydroxylation is 1. The molecule has 0 aliphatic heterocycles. The summed E-state index contributed by atoms with van der Waals surface area (Å²) in [6.07, 6.45) is 2.07. The lowest BCUT2D eigenvalue weighted by molar-refractivity contribution is 0.373. The molecule has 2 aromatic rings. The van der Waals surface area contributed by atoms with Gasteiger partial charge in [-0.15, -0.1) is 0 Å². The summed E-state index contributed by atoms with van der Waals surface area (Å²) in [5, 5.41) is 3.80. The van der Waals surface area contributed by atoms with Crippen LogP contribution < -0.4 is 5.32 Å². The van der Waals surface area contributed by atoms with Gasteiger partial charge in [0.1, 0.15) is 5.82 Å². The number of hydrogen-bond acceptors (Lipinski definition) is 1. The Morgan fingerprint density at radius 1 is 1.15 bits per heavy atom. The fourth-order valence-corrected chi connectivity index (χ4v) is 2.93. The molecule has 1 nitrogen and oxygen atoms in total. The minimum Gasteiger partial charge on any atom is -0.380 e. The Bertz CT molecular complexity index is 620. The van der Waals surface area contributed by atoms with Gasteiger partial charge in [0, 0.05) is 11.1 Å². The van der Waals surface area contributed by atoms with Gasteiger partial charge in [0.2, 0.25) is 0 Å². The molecule has 1 fully saturated rings. The molecule has 0 bridgehead atoms. The van der Waals surface area contributed by atoms with Crippen LogP contribution in [0.15, 0.2) is 42.5 Å². The van der Waals surface area contributed by atoms with Gasteiger partial charge in [0.05, 0.1) is 5.69 Å². The highest BCUT2D eigenvalue weighted by Crippen LogP contribution is 2.39. The summed E-state index contributed by atoms with van der Waals surface area (Å²) in [5.74, 6) is 0.336. The van der Waals surface area contributed by atoms with E-state index in [4.69, 9.17) is 11.6 Å². The van der Waals surface area contributed by atoms with Crippen molar-refractivity contribution in [3.8, 4) is 0 Å². The highest BCUT2D eigenvalue weighted by atomic mass is 35.5. The van der Waals surface area contributed by atoms with E-state index in [9.17, 15) is 4.39 Å². The summed E-state index contributed by atoms with van der Waals surface area (Å²) in [4.78, 5) is 0. The lowest BCUT2D eigenvalue weighted by atomic mass is 9.75. The van der Waals surface area contributed by atoms with E-state index < -0.39 is 0 Å². The SMILES string of the molecule is Cc1cccc(C2CC(Nc3cc(Cl)ccc3F)C2)c1. The van der Waals surface area contributed by atoms with Crippen molar-refractivity contribution in [3.63, 3.8) is 0 Å². The van der Waals surface area contributed by atoms with Crippen molar-refractivity contribution < 1.29 is 4.39 Å². The zero-order valence-corrected chi connectivity index (χ0v) is 12.1. The first-order valence-electron chi connectivity index (χ1n) is 6.90. The summed E-state index contributed by atoms with van der Waals surface area (Å²) < 4.78 is 13.6. The molecule has 0 heterocycles. The lowest BCUT2D eigenvalue weighted by Gasteiger charge is -2.37. The first-order chi connectivity index (χ1) is 9.61. The number of halogens is 2. The molecule has 0 atom stereocenters. The molecule has 1 aliphatic rings. The van der Waals surface area contributed by atoms with Crippen LogP contribution in [0.2, 0.25) is 5.02 Å². The Hall–Kier alpha value is -1.54. The van der Waals surface area contributed by atoms with Crippen LogP contribution in [0.5, 0.6) is 0 Å². The molecule has 3 heteroatoms. The van der Waals surface area contributed by atoms with Crippen LogP contribution in [0.3, 0.4) is 0 Å². The van der Waals surface area contributed by atoms with Crippen molar-refractivity contribution in [1.29, 1.82) is 0 Å².